The molecule has 0 aromatic carbocycles. The first-order chi connectivity index (χ1) is 9.39. The number of rotatable bonds is 7. The van der Waals surface area contributed by atoms with Crippen LogP contribution in [0.4, 0.5) is 0 Å². The number of furan rings is 1. The van der Waals surface area contributed by atoms with Crippen molar-refractivity contribution in [3.8, 4) is 12.3 Å². The fourth-order valence-electron chi connectivity index (χ4n) is 2.10. The van der Waals surface area contributed by atoms with E-state index in [9.17, 15) is 8.42 Å². The molecule has 5 nitrogen and oxygen atoms in total. The summed E-state index contributed by atoms with van der Waals surface area (Å²) in [6.45, 7) is 8.77. The molecular weight excluding hydrogens is 276 g/mol. The van der Waals surface area contributed by atoms with Crippen molar-refractivity contribution in [2.45, 2.75) is 39.1 Å². The minimum absolute atomic E-state index is 0.0587. The monoisotopic (exact) mass is 298 g/mol. The van der Waals surface area contributed by atoms with Crippen LogP contribution in [0, 0.1) is 26.2 Å². The molecule has 0 spiro atoms. The Morgan fingerprint density at radius 2 is 1.95 bits per heavy atom. The Bertz CT molecular complexity index is 597. The van der Waals surface area contributed by atoms with Crippen LogP contribution in [0.2, 0.25) is 0 Å². The largest absolute Gasteiger partial charge is 0.465 e. The zero-order chi connectivity index (χ0) is 15.3. The van der Waals surface area contributed by atoms with Crippen LogP contribution in [0.1, 0.15) is 30.9 Å². The van der Waals surface area contributed by atoms with Crippen LogP contribution in [-0.2, 0) is 16.6 Å². The van der Waals surface area contributed by atoms with Gasteiger partial charge in [-0.25, -0.2) is 8.42 Å². The van der Waals surface area contributed by atoms with Crippen molar-refractivity contribution in [1.29, 1.82) is 0 Å². The van der Waals surface area contributed by atoms with E-state index in [1.54, 1.807) is 20.8 Å². The minimum atomic E-state index is -3.63. The Morgan fingerprint density at radius 3 is 2.45 bits per heavy atom. The van der Waals surface area contributed by atoms with E-state index in [0.717, 1.165) is 6.54 Å². The third-order valence-corrected chi connectivity index (χ3v) is 5.21. The van der Waals surface area contributed by atoms with Crippen molar-refractivity contribution in [3.05, 3.63) is 17.1 Å². The summed E-state index contributed by atoms with van der Waals surface area (Å²) in [5, 5.41) is 3.14. The lowest BCUT2D eigenvalue weighted by molar-refractivity contribution is 0.457. The van der Waals surface area contributed by atoms with Crippen molar-refractivity contribution >= 4 is 10.0 Å². The maximum absolute atomic E-state index is 12.7. The molecule has 0 aliphatic rings. The van der Waals surface area contributed by atoms with Crippen LogP contribution < -0.4 is 5.32 Å². The fourth-order valence-corrected chi connectivity index (χ4v) is 3.87. The lowest BCUT2D eigenvalue weighted by Gasteiger charge is -2.18. The molecule has 0 saturated heterocycles. The average Bonchev–Trinajstić information content (AvgIpc) is 2.68. The highest BCUT2D eigenvalue weighted by Gasteiger charge is 2.31. The van der Waals surface area contributed by atoms with Gasteiger partial charge >= 0.3 is 0 Å². The highest BCUT2D eigenvalue weighted by molar-refractivity contribution is 7.89. The molecule has 0 saturated carbocycles. The minimum Gasteiger partial charge on any atom is -0.465 e. The van der Waals surface area contributed by atoms with Gasteiger partial charge in [0.1, 0.15) is 16.4 Å². The quantitative estimate of drug-likeness (QED) is 0.778. The van der Waals surface area contributed by atoms with Crippen molar-refractivity contribution in [1.82, 2.24) is 9.62 Å². The molecule has 0 unspecified atom stereocenters. The maximum atomic E-state index is 12.7. The molecule has 0 aliphatic heterocycles. The molecule has 0 radical (unpaired) electrons. The van der Waals surface area contributed by atoms with Gasteiger partial charge in [0, 0.05) is 18.7 Å². The Balaban J connectivity index is 3.33. The number of terminal acetylenes is 1. The van der Waals surface area contributed by atoms with Gasteiger partial charge in [-0.2, -0.15) is 4.31 Å². The molecule has 1 aromatic rings. The summed E-state index contributed by atoms with van der Waals surface area (Å²) in [5.74, 6) is 3.42. The van der Waals surface area contributed by atoms with Crippen LogP contribution >= 0.6 is 0 Å². The lowest BCUT2D eigenvalue weighted by atomic mass is 10.2. The second-order valence-corrected chi connectivity index (χ2v) is 6.31. The normalized spacial score (nSPS) is 11.8. The summed E-state index contributed by atoms with van der Waals surface area (Å²) in [4.78, 5) is 0.244. The van der Waals surface area contributed by atoms with Gasteiger partial charge in [0.2, 0.25) is 10.0 Å². The molecular formula is C14H22N2O3S. The SMILES string of the molecule is C#CCN(CC)S(=O)(=O)c1c(C)oc(C)c1CNCC. The van der Waals surface area contributed by atoms with E-state index in [1.807, 2.05) is 6.92 Å². The topological polar surface area (TPSA) is 62.6 Å². The number of aryl methyl sites for hydroxylation is 2. The first kappa shape index (κ1) is 16.8. The molecule has 20 heavy (non-hydrogen) atoms. The first-order valence-electron chi connectivity index (χ1n) is 6.63. The Labute approximate surface area is 121 Å². The third-order valence-electron chi connectivity index (χ3n) is 3.10. The van der Waals surface area contributed by atoms with E-state index in [2.05, 4.69) is 11.2 Å². The predicted octanol–water partition coefficient (Wildman–Crippen LogP) is 1.65. The highest BCUT2D eigenvalue weighted by atomic mass is 32.2. The smallest absolute Gasteiger partial charge is 0.247 e. The summed E-state index contributed by atoms with van der Waals surface area (Å²) in [6, 6.07) is 0. The fraction of sp³-hybridized carbons (Fsp3) is 0.571. The van der Waals surface area contributed by atoms with E-state index in [1.165, 1.54) is 4.31 Å². The second-order valence-electron chi connectivity index (χ2n) is 4.44. The van der Waals surface area contributed by atoms with Gasteiger partial charge < -0.3 is 9.73 Å². The molecule has 1 rings (SSSR count). The zero-order valence-electron chi connectivity index (χ0n) is 12.5. The lowest BCUT2D eigenvalue weighted by Crippen LogP contribution is -2.32. The number of hydrogen-bond acceptors (Lipinski definition) is 4. The van der Waals surface area contributed by atoms with E-state index < -0.39 is 10.0 Å². The van der Waals surface area contributed by atoms with Crippen molar-refractivity contribution in [3.63, 3.8) is 0 Å². The van der Waals surface area contributed by atoms with Crippen molar-refractivity contribution in [2.24, 2.45) is 0 Å². The Kier molecular flexibility index (Phi) is 5.81. The van der Waals surface area contributed by atoms with Gasteiger partial charge in [0.05, 0.1) is 6.54 Å². The van der Waals surface area contributed by atoms with Crippen LogP contribution in [0.15, 0.2) is 9.31 Å². The summed E-state index contributed by atoms with van der Waals surface area (Å²) in [7, 11) is -3.63. The first-order valence-corrected chi connectivity index (χ1v) is 8.07. The number of hydrogen-bond donors (Lipinski definition) is 1. The molecule has 0 aliphatic carbocycles. The van der Waals surface area contributed by atoms with Gasteiger partial charge in [-0.05, 0) is 20.4 Å². The standard InChI is InChI=1S/C14H22N2O3S/c1-6-9-16(8-3)20(17,18)14-12(5)19-11(4)13(14)10-15-7-2/h1,15H,7-10H2,2-5H3. The molecule has 0 bridgehead atoms. The van der Waals surface area contributed by atoms with Gasteiger partial charge in [-0.1, -0.05) is 19.8 Å². The Morgan fingerprint density at radius 1 is 1.30 bits per heavy atom. The molecule has 0 fully saturated rings. The number of nitrogens with zero attached hydrogens (tertiary/aromatic N) is 1. The summed E-state index contributed by atoms with van der Waals surface area (Å²) in [6.07, 6.45) is 5.25. The van der Waals surface area contributed by atoms with Crippen LogP contribution in [0.5, 0.6) is 0 Å². The third kappa shape index (κ3) is 3.23. The van der Waals surface area contributed by atoms with Gasteiger partial charge in [-0.15, -0.1) is 6.42 Å². The molecule has 1 aromatic heterocycles. The molecule has 112 valence electrons. The summed E-state index contributed by atoms with van der Waals surface area (Å²) in [5.41, 5.74) is 0.680. The van der Waals surface area contributed by atoms with Crippen molar-refractivity contribution < 1.29 is 12.8 Å². The van der Waals surface area contributed by atoms with Crippen LogP contribution in [0.3, 0.4) is 0 Å². The average molecular weight is 298 g/mol. The van der Waals surface area contributed by atoms with E-state index in [0.29, 0.717) is 30.2 Å². The highest BCUT2D eigenvalue weighted by Crippen LogP contribution is 2.29. The van der Waals surface area contributed by atoms with Crippen molar-refractivity contribution in [2.75, 3.05) is 19.6 Å². The van der Waals surface area contributed by atoms with E-state index >= 15 is 0 Å². The van der Waals surface area contributed by atoms with Crippen LogP contribution in [0.25, 0.3) is 0 Å². The van der Waals surface area contributed by atoms with Crippen LogP contribution in [-0.4, -0.2) is 32.4 Å². The van der Waals surface area contributed by atoms with Gasteiger partial charge in [-0.3, -0.25) is 0 Å². The Hall–Kier alpha value is -1.29. The molecule has 1 heterocycles. The van der Waals surface area contributed by atoms with E-state index in [-0.39, 0.29) is 11.4 Å². The number of sulfonamides is 1. The second kappa shape index (κ2) is 6.93. The molecule has 0 atom stereocenters. The van der Waals surface area contributed by atoms with Gasteiger partial charge in [0.25, 0.3) is 0 Å². The van der Waals surface area contributed by atoms with Gasteiger partial charge in [0.15, 0.2) is 0 Å². The maximum Gasteiger partial charge on any atom is 0.247 e. The van der Waals surface area contributed by atoms with E-state index in [4.69, 9.17) is 10.8 Å². The predicted molar refractivity (Wildman–Crippen MR) is 78.8 cm³/mol. The number of nitrogens with one attached hydrogen (secondary N) is 1. The summed E-state index contributed by atoms with van der Waals surface area (Å²) < 4.78 is 32.2. The summed E-state index contributed by atoms with van der Waals surface area (Å²) >= 11 is 0. The molecule has 0 amide bonds. The molecule has 6 heteroatoms. The molecule has 1 N–H and O–H groups in total. The zero-order valence-corrected chi connectivity index (χ0v) is 13.3.